The van der Waals surface area contributed by atoms with E-state index in [4.69, 9.17) is 9.47 Å². The average molecular weight is 423 g/mol. The Balaban J connectivity index is 1.70. The highest BCUT2D eigenvalue weighted by atomic mass is 16.5. The first kappa shape index (κ1) is 19.6. The summed E-state index contributed by atoms with van der Waals surface area (Å²) >= 11 is 0. The van der Waals surface area contributed by atoms with E-state index in [1.807, 2.05) is 60.8 Å². The third kappa shape index (κ3) is 3.41. The lowest BCUT2D eigenvalue weighted by Gasteiger charge is -2.11. The van der Waals surface area contributed by atoms with Gasteiger partial charge >= 0.3 is 0 Å². The summed E-state index contributed by atoms with van der Waals surface area (Å²) in [6.07, 6.45) is 3.76. The molecular formula is C26H21N3O3. The van der Waals surface area contributed by atoms with Crippen molar-refractivity contribution in [1.82, 2.24) is 15.0 Å². The predicted octanol–water partition coefficient (Wildman–Crippen LogP) is 5.48. The molecule has 0 fully saturated rings. The Bertz CT molecular complexity index is 1440. The van der Waals surface area contributed by atoms with Gasteiger partial charge in [0.25, 0.3) is 0 Å². The van der Waals surface area contributed by atoms with Gasteiger partial charge in [0.1, 0.15) is 17.3 Å². The zero-order valence-corrected chi connectivity index (χ0v) is 17.7. The van der Waals surface area contributed by atoms with Gasteiger partial charge in [0.15, 0.2) is 0 Å². The predicted molar refractivity (Wildman–Crippen MR) is 126 cm³/mol. The van der Waals surface area contributed by atoms with Crippen molar-refractivity contribution < 1.29 is 14.3 Å². The molecule has 0 saturated heterocycles. The summed E-state index contributed by atoms with van der Waals surface area (Å²) in [6.45, 7) is 0. The molecule has 0 radical (unpaired) electrons. The molecule has 5 aromatic rings. The third-order valence-corrected chi connectivity index (χ3v) is 5.46. The number of aromatic nitrogens is 3. The molecule has 6 heteroatoms. The molecule has 0 aliphatic heterocycles. The maximum Gasteiger partial charge on any atom is 0.200 e. The molecule has 0 bridgehead atoms. The number of hydrogen-bond acceptors (Lipinski definition) is 4. The summed E-state index contributed by atoms with van der Waals surface area (Å²) in [6, 6.07) is 20.8. The monoisotopic (exact) mass is 423 g/mol. The summed E-state index contributed by atoms with van der Waals surface area (Å²) in [4.78, 5) is 25.0. The van der Waals surface area contributed by atoms with E-state index in [1.54, 1.807) is 25.3 Å². The van der Waals surface area contributed by atoms with E-state index in [1.165, 1.54) is 7.11 Å². The van der Waals surface area contributed by atoms with Gasteiger partial charge in [-0.2, -0.15) is 0 Å². The van der Waals surface area contributed by atoms with E-state index < -0.39 is 0 Å². The summed E-state index contributed by atoms with van der Waals surface area (Å²) in [5.41, 5.74) is 4.42. The second-order valence-electron chi connectivity index (χ2n) is 7.35. The molecule has 0 saturated carbocycles. The van der Waals surface area contributed by atoms with Crippen LogP contribution in [0.15, 0.2) is 72.9 Å². The zero-order chi connectivity index (χ0) is 22.1. The van der Waals surface area contributed by atoms with Crippen molar-refractivity contribution in [2.24, 2.45) is 0 Å². The first-order valence-electron chi connectivity index (χ1n) is 10.2. The van der Waals surface area contributed by atoms with Crippen LogP contribution in [0.4, 0.5) is 0 Å². The van der Waals surface area contributed by atoms with Crippen LogP contribution in [0.1, 0.15) is 21.7 Å². The van der Waals surface area contributed by atoms with Crippen LogP contribution in [0, 0.1) is 0 Å². The molecule has 6 nitrogen and oxygen atoms in total. The molecule has 0 aliphatic rings. The van der Waals surface area contributed by atoms with E-state index in [9.17, 15) is 4.79 Å². The maximum absolute atomic E-state index is 13.8. The lowest BCUT2D eigenvalue weighted by molar-refractivity contribution is 0.105. The Morgan fingerprint density at radius 2 is 1.72 bits per heavy atom. The summed E-state index contributed by atoms with van der Waals surface area (Å²) in [5.74, 6) is 1.35. The van der Waals surface area contributed by atoms with Crippen molar-refractivity contribution in [3.63, 3.8) is 0 Å². The number of carbonyl (C=O) groups excluding carboxylic acids is 1. The Morgan fingerprint density at radius 1 is 0.938 bits per heavy atom. The van der Waals surface area contributed by atoms with E-state index in [2.05, 4.69) is 15.0 Å². The second-order valence-corrected chi connectivity index (χ2v) is 7.35. The second kappa shape index (κ2) is 8.07. The fraction of sp³-hybridized carbons (Fsp3) is 0.0769. The number of nitrogens with one attached hydrogen (secondary N) is 2. The van der Waals surface area contributed by atoms with Crippen molar-refractivity contribution >= 4 is 39.4 Å². The number of ether oxygens (including phenoxy) is 2. The van der Waals surface area contributed by atoms with Crippen molar-refractivity contribution in [3.05, 3.63) is 89.9 Å². The van der Waals surface area contributed by atoms with Crippen LogP contribution >= 0.6 is 0 Å². The molecule has 2 heterocycles. The Kier molecular flexibility index (Phi) is 4.95. The minimum atomic E-state index is -0.200. The first-order chi connectivity index (χ1) is 15.7. The highest BCUT2D eigenvalue weighted by Gasteiger charge is 2.22. The number of Topliss-reactive ketones (excluding diaryl/α,β-unsaturated/α-hetero) is 1. The number of nitrogens with zero attached hydrogens (tertiary/aromatic N) is 1. The molecule has 0 unspecified atom stereocenters. The number of carbonyl (C=O) groups is 1. The van der Waals surface area contributed by atoms with Crippen molar-refractivity contribution in [3.8, 4) is 11.5 Å². The summed E-state index contributed by atoms with van der Waals surface area (Å²) in [5, 5.41) is 1.02. The topological polar surface area (TPSA) is 80.0 Å². The number of hydrogen-bond donors (Lipinski definition) is 2. The third-order valence-electron chi connectivity index (χ3n) is 5.46. The number of para-hydroxylation sites is 3. The van der Waals surface area contributed by atoms with Crippen molar-refractivity contribution in [2.75, 3.05) is 14.2 Å². The molecule has 2 aromatic heterocycles. The van der Waals surface area contributed by atoms with Gasteiger partial charge in [-0.3, -0.25) is 4.79 Å². The van der Waals surface area contributed by atoms with Gasteiger partial charge < -0.3 is 19.4 Å². The fourth-order valence-electron chi connectivity index (χ4n) is 3.82. The molecule has 0 atom stereocenters. The summed E-state index contributed by atoms with van der Waals surface area (Å²) in [7, 11) is 3.11. The van der Waals surface area contributed by atoms with Gasteiger partial charge in [0.2, 0.25) is 5.78 Å². The standard InChI is InChI=1S/C26H21N3O3/c1-31-17-11-12-19(24(14-17)32-2)25(30)20(26-28-22-9-5-6-10-23(22)29-26)13-16-15-27-21-8-4-3-7-18(16)21/h3-15,27H,1-2H3,(H,28,29)/b20-13-. The van der Waals surface area contributed by atoms with Gasteiger partial charge in [-0.15, -0.1) is 0 Å². The molecule has 0 spiro atoms. The number of ketones is 1. The number of methoxy groups -OCH3 is 2. The molecule has 5 rings (SSSR count). The smallest absolute Gasteiger partial charge is 0.200 e. The highest BCUT2D eigenvalue weighted by molar-refractivity contribution is 6.33. The minimum Gasteiger partial charge on any atom is -0.497 e. The van der Waals surface area contributed by atoms with Gasteiger partial charge in [0, 0.05) is 28.7 Å². The maximum atomic E-state index is 13.8. The van der Waals surface area contributed by atoms with Crippen LogP contribution in [0.2, 0.25) is 0 Å². The molecule has 3 aromatic carbocycles. The van der Waals surface area contributed by atoms with Crippen LogP contribution in [0.5, 0.6) is 11.5 Å². The zero-order valence-electron chi connectivity index (χ0n) is 17.7. The number of H-pyrrole nitrogens is 2. The molecule has 158 valence electrons. The van der Waals surface area contributed by atoms with Crippen LogP contribution in [-0.4, -0.2) is 35.0 Å². The normalized spacial score (nSPS) is 11.8. The lowest BCUT2D eigenvalue weighted by Crippen LogP contribution is -2.07. The number of benzene rings is 3. The Morgan fingerprint density at radius 3 is 2.50 bits per heavy atom. The number of rotatable bonds is 6. The lowest BCUT2D eigenvalue weighted by atomic mass is 9.99. The minimum absolute atomic E-state index is 0.200. The van der Waals surface area contributed by atoms with Crippen LogP contribution < -0.4 is 9.47 Å². The SMILES string of the molecule is COc1ccc(C(=O)/C(=C/c2c[nH]c3ccccc23)c2nc3ccccc3[nH]2)c(OC)c1. The van der Waals surface area contributed by atoms with Crippen molar-refractivity contribution in [2.45, 2.75) is 0 Å². The number of fused-ring (bicyclic) bond motifs is 2. The van der Waals surface area contributed by atoms with Crippen LogP contribution in [0.3, 0.4) is 0 Å². The van der Waals surface area contributed by atoms with E-state index in [-0.39, 0.29) is 5.78 Å². The van der Waals surface area contributed by atoms with Gasteiger partial charge in [-0.1, -0.05) is 30.3 Å². The van der Waals surface area contributed by atoms with Gasteiger partial charge in [-0.25, -0.2) is 4.98 Å². The van der Waals surface area contributed by atoms with E-state index >= 15 is 0 Å². The fourth-order valence-corrected chi connectivity index (χ4v) is 3.82. The highest BCUT2D eigenvalue weighted by Crippen LogP contribution is 2.31. The molecule has 2 N–H and O–H groups in total. The molecule has 0 aliphatic carbocycles. The number of imidazole rings is 1. The quantitative estimate of drug-likeness (QED) is 0.280. The number of allylic oxidation sites excluding steroid dienone is 1. The van der Waals surface area contributed by atoms with Crippen molar-refractivity contribution in [1.29, 1.82) is 0 Å². The molecule has 0 amide bonds. The van der Waals surface area contributed by atoms with E-state index in [0.717, 1.165) is 27.5 Å². The molecular weight excluding hydrogens is 402 g/mol. The average Bonchev–Trinajstić information content (AvgIpc) is 3.45. The van der Waals surface area contributed by atoms with Crippen LogP contribution in [0.25, 0.3) is 33.6 Å². The van der Waals surface area contributed by atoms with Gasteiger partial charge in [-0.05, 0) is 36.4 Å². The summed E-state index contributed by atoms with van der Waals surface area (Å²) < 4.78 is 10.8. The van der Waals surface area contributed by atoms with Crippen LogP contribution in [-0.2, 0) is 0 Å². The Hall–Kier alpha value is -4.32. The molecule has 32 heavy (non-hydrogen) atoms. The Labute approximate surface area is 184 Å². The van der Waals surface area contributed by atoms with Gasteiger partial charge in [0.05, 0.1) is 36.4 Å². The first-order valence-corrected chi connectivity index (χ1v) is 10.2. The van der Waals surface area contributed by atoms with E-state index in [0.29, 0.717) is 28.5 Å². The number of aromatic amines is 2. The largest absolute Gasteiger partial charge is 0.497 e.